The van der Waals surface area contributed by atoms with Crippen LogP contribution in [0.25, 0.3) is 11.0 Å². The number of hydrazone groups is 1. The van der Waals surface area contributed by atoms with Crippen molar-refractivity contribution in [1.82, 2.24) is 20.4 Å². The van der Waals surface area contributed by atoms with Gasteiger partial charge in [0.15, 0.2) is 0 Å². The SMILES string of the molecule is N#CCC(c1cccc(Br)c1)C1(c2ncnc3[nH]ccc23)C=NNC1. The molecule has 2 N–H and O–H groups in total. The average Bonchev–Trinajstić information content (AvgIpc) is 3.29. The number of aromatic nitrogens is 3. The van der Waals surface area contributed by atoms with Gasteiger partial charge in [-0.3, -0.25) is 0 Å². The molecule has 0 bridgehead atoms. The highest BCUT2D eigenvalue weighted by Gasteiger charge is 2.45. The van der Waals surface area contributed by atoms with Crippen molar-refractivity contribution >= 4 is 33.2 Å². The minimum atomic E-state index is -0.514. The first-order valence-electron chi connectivity index (χ1n) is 7.92. The summed E-state index contributed by atoms with van der Waals surface area (Å²) < 4.78 is 0.987. The smallest absolute Gasteiger partial charge is 0.140 e. The summed E-state index contributed by atoms with van der Waals surface area (Å²) >= 11 is 3.53. The molecule has 4 rings (SSSR count). The highest BCUT2D eigenvalue weighted by molar-refractivity contribution is 9.10. The van der Waals surface area contributed by atoms with E-state index < -0.39 is 5.41 Å². The number of rotatable bonds is 4. The predicted octanol–water partition coefficient (Wildman–Crippen LogP) is 3.24. The molecule has 6 nitrogen and oxygen atoms in total. The molecule has 7 heteroatoms. The van der Waals surface area contributed by atoms with Crippen LogP contribution in [-0.2, 0) is 5.41 Å². The number of nitrogens with one attached hydrogen (secondary N) is 2. The summed E-state index contributed by atoms with van der Waals surface area (Å²) in [5.74, 6) is -0.0817. The topological polar surface area (TPSA) is 89.8 Å². The van der Waals surface area contributed by atoms with Crippen molar-refractivity contribution in [3.05, 3.63) is 58.6 Å². The van der Waals surface area contributed by atoms with Gasteiger partial charge in [0.25, 0.3) is 0 Å². The Hall–Kier alpha value is -2.72. The molecular weight excluding hydrogens is 380 g/mol. The van der Waals surface area contributed by atoms with Crippen LogP contribution in [0.4, 0.5) is 0 Å². The number of H-pyrrole nitrogens is 1. The molecule has 3 heterocycles. The van der Waals surface area contributed by atoms with Crippen molar-refractivity contribution < 1.29 is 0 Å². The number of hydrogen-bond donors (Lipinski definition) is 2. The molecular formula is C18H15BrN6. The van der Waals surface area contributed by atoms with Gasteiger partial charge in [-0.1, -0.05) is 28.1 Å². The second-order valence-corrected chi connectivity index (χ2v) is 6.98. The summed E-state index contributed by atoms with van der Waals surface area (Å²) in [5, 5.41) is 14.7. The zero-order valence-corrected chi connectivity index (χ0v) is 14.9. The molecule has 0 aliphatic carbocycles. The summed E-state index contributed by atoms with van der Waals surface area (Å²) in [5.41, 5.74) is 5.30. The zero-order valence-electron chi connectivity index (χ0n) is 13.3. The lowest BCUT2D eigenvalue weighted by Crippen LogP contribution is -2.40. The van der Waals surface area contributed by atoms with Gasteiger partial charge < -0.3 is 10.4 Å². The molecule has 0 radical (unpaired) electrons. The maximum absolute atomic E-state index is 9.50. The van der Waals surface area contributed by atoms with Crippen molar-refractivity contribution in [2.45, 2.75) is 17.8 Å². The third kappa shape index (κ3) is 2.59. The molecule has 0 saturated carbocycles. The first-order chi connectivity index (χ1) is 12.2. The van der Waals surface area contributed by atoms with E-state index in [0.29, 0.717) is 13.0 Å². The summed E-state index contributed by atoms with van der Waals surface area (Å²) in [6.07, 6.45) is 5.67. The number of fused-ring (bicyclic) bond motifs is 1. The van der Waals surface area contributed by atoms with Crippen LogP contribution < -0.4 is 5.43 Å². The lowest BCUT2D eigenvalue weighted by atomic mass is 9.69. The Morgan fingerprint density at radius 2 is 2.24 bits per heavy atom. The third-order valence-electron chi connectivity index (χ3n) is 4.72. The second kappa shape index (κ2) is 6.30. The zero-order chi connectivity index (χ0) is 17.3. The van der Waals surface area contributed by atoms with E-state index in [1.54, 1.807) is 6.33 Å². The highest BCUT2D eigenvalue weighted by atomic mass is 79.9. The van der Waals surface area contributed by atoms with Crippen molar-refractivity contribution in [1.29, 1.82) is 5.26 Å². The summed E-state index contributed by atoms with van der Waals surface area (Å²) in [6.45, 7) is 0.586. The second-order valence-electron chi connectivity index (χ2n) is 6.07. The number of aromatic amines is 1. The van der Waals surface area contributed by atoms with Gasteiger partial charge in [0.05, 0.1) is 17.2 Å². The summed E-state index contributed by atoms with van der Waals surface area (Å²) in [7, 11) is 0. The van der Waals surface area contributed by atoms with Crippen LogP contribution in [0.5, 0.6) is 0 Å². The minimum Gasteiger partial charge on any atom is -0.346 e. The van der Waals surface area contributed by atoms with E-state index in [1.165, 1.54) is 0 Å². The quantitative estimate of drug-likeness (QED) is 0.710. The van der Waals surface area contributed by atoms with Crippen LogP contribution in [0.3, 0.4) is 0 Å². The van der Waals surface area contributed by atoms with E-state index in [1.807, 2.05) is 30.6 Å². The van der Waals surface area contributed by atoms with E-state index in [4.69, 9.17) is 0 Å². The van der Waals surface area contributed by atoms with Crippen molar-refractivity contribution in [2.24, 2.45) is 5.10 Å². The van der Waals surface area contributed by atoms with Gasteiger partial charge in [-0.25, -0.2) is 9.97 Å². The highest BCUT2D eigenvalue weighted by Crippen LogP contribution is 2.43. The molecule has 124 valence electrons. The third-order valence-corrected chi connectivity index (χ3v) is 5.21. The van der Waals surface area contributed by atoms with Crippen LogP contribution in [0.15, 0.2) is 52.4 Å². The van der Waals surface area contributed by atoms with Crippen molar-refractivity contribution in [3.63, 3.8) is 0 Å². The summed E-state index contributed by atoms with van der Waals surface area (Å²) in [4.78, 5) is 12.0. The van der Waals surface area contributed by atoms with Gasteiger partial charge in [-0.05, 0) is 23.8 Å². The van der Waals surface area contributed by atoms with Crippen LogP contribution in [0, 0.1) is 11.3 Å². The number of nitriles is 1. The Bertz CT molecular complexity index is 988. The summed E-state index contributed by atoms with van der Waals surface area (Å²) in [6, 6.07) is 12.4. The van der Waals surface area contributed by atoms with Gasteiger partial charge in [0, 0.05) is 41.2 Å². The molecule has 1 aliphatic rings. The molecule has 1 aromatic carbocycles. The first-order valence-corrected chi connectivity index (χ1v) is 8.72. The average molecular weight is 395 g/mol. The molecule has 25 heavy (non-hydrogen) atoms. The fourth-order valence-electron chi connectivity index (χ4n) is 3.56. The standard InChI is InChI=1S/C18H15BrN6/c19-13-3-1-2-12(8-13)15(4-6-20)18(9-24-25-10-18)16-14-5-7-21-17(14)23-11-22-16/h1-3,5,7-9,11,15,25H,4,10H2,(H,21,22,23). The van der Waals surface area contributed by atoms with Crippen molar-refractivity contribution in [3.8, 4) is 6.07 Å². The van der Waals surface area contributed by atoms with Crippen molar-refractivity contribution in [2.75, 3.05) is 6.54 Å². The Labute approximate surface area is 153 Å². The minimum absolute atomic E-state index is 0.0817. The Balaban J connectivity index is 1.94. The van der Waals surface area contributed by atoms with Crippen LogP contribution in [0.2, 0.25) is 0 Å². The normalized spacial score (nSPS) is 20.3. The van der Waals surface area contributed by atoms with Gasteiger partial charge >= 0.3 is 0 Å². The van der Waals surface area contributed by atoms with Gasteiger partial charge in [-0.2, -0.15) is 10.4 Å². The van der Waals surface area contributed by atoms with Crippen LogP contribution in [0.1, 0.15) is 23.6 Å². The molecule has 3 aromatic rings. The fourth-order valence-corrected chi connectivity index (χ4v) is 3.98. The monoisotopic (exact) mass is 394 g/mol. The van der Waals surface area contributed by atoms with Crippen LogP contribution >= 0.6 is 15.9 Å². The first kappa shape index (κ1) is 15.8. The number of nitrogens with zero attached hydrogens (tertiary/aromatic N) is 4. The Kier molecular flexibility index (Phi) is 3.98. The molecule has 1 aliphatic heterocycles. The Morgan fingerprint density at radius 3 is 3.00 bits per heavy atom. The lowest BCUT2D eigenvalue weighted by molar-refractivity contribution is 0.458. The van der Waals surface area contributed by atoms with E-state index >= 15 is 0 Å². The molecule has 2 aromatic heterocycles. The maximum Gasteiger partial charge on any atom is 0.140 e. The number of hydrogen-bond acceptors (Lipinski definition) is 5. The van der Waals surface area contributed by atoms with E-state index in [2.05, 4.69) is 59.6 Å². The molecule has 2 unspecified atom stereocenters. The number of benzene rings is 1. The largest absolute Gasteiger partial charge is 0.346 e. The predicted molar refractivity (Wildman–Crippen MR) is 99.2 cm³/mol. The van der Waals surface area contributed by atoms with Gasteiger partial charge in [0.1, 0.15) is 12.0 Å². The molecule has 0 fully saturated rings. The van der Waals surface area contributed by atoms with E-state index in [0.717, 1.165) is 26.8 Å². The Morgan fingerprint density at radius 1 is 1.32 bits per heavy atom. The molecule has 0 saturated heterocycles. The lowest BCUT2D eigenvalue weighted by Gasteiger charge is -2.33. The van der Waals surface area contributed by atoms with Crippen LogP contribution in [-0.4, -0.2) is 27.7 Å². The van der Waals surface area contributed by atoms with E-state index in [-0.39, 0.29) is 5.92 Å². The molecule has 0 amide bonds. The van der Waals surface area contributed by atoms with E-state index in [9.17, 15) is 5.26 Å². The molecule has 2 atom stereocenters. The maximum atomic E-state index is 9.50. The number of halogens is 1. The van der Waals surface area contributed by atoms with Gasteiger partial charge in [-0.15, -0.1) is 0 Å². The fraction of sp³-hybridized carbons (Fsp3) is 0.222. The van der Waals surface area contributed by atoms with Gasteiger partial charge in [0.2, 0.25) is 0 Å². The molecule has 0 spiro atoms.